The molecule has 2 aromatic carbocycles. The van der Waals surface area contributed by atoms with E-state index in [9.17, 15) is 4.79 Å². The van der Waals surface area contributed by atoms with Crippen molar-refractivity contribution in [2.24, 2.45) is 0 Å². The van der Waals surface area contributed by atoms with Gasteiger partial charge in [-0.15, -0.1) is 0 Å². The number of hydrogen-bond donors (Lipinski definition) is 1. The van der Waals surface area contributed by atoms with E-state index in [-0.39, 0.29) is 5.91 Å². The van der Waals surface area contributed by atoms with Crippen LogP contribution in [-0.2, 0) is 0 Å². The molecule has 0 spiro atoms. The summed E-state index contributed by atoms with van der Waals surface area (Å²) in [5.41, 5.74) is 4.38. The summed E-state index contributed by atoms with van der Waals surface area (Å²) in [5, 5.41) is 7.80. The Balaban J connectivity index is 1.76. The summed E-state index contributed by atoms with van der Waals surface area (Å²) in [7, 11) is 1.64. The summed E-state index contributed by atoms with van der Waals surface area (Å²) in [5.74, 6) is 0.533. The van der Waals surface area contributed by atoms with Gasteiger partial charge in [-0.25, -0.2) is 9.50 Å². The zero-order valence-electron chi connectivity index (χ0n) is 18.5. The Morgan fingerprint density at radius 1 is 1.00 bits per heavy atom. The lowest BCUT2D eigenvalue weighted by Crippen LogP contribution is -2.25. The monoisotopic (exact) mass is 428 g/mol. The second kappa shape index (κ2) is 10.1. The molecular weight excluding hydrogens is 400 g/mol. The summed E-state index contributed by atoms with van der Waals surface area (Å²) in [4.78, 5) is 17.5. The number of unbranched alkanes of at least 4 members (excludes halogenated alkanes) is 3. The number of ether oxygens (including phenoxy) is 1. The van der Waals surface area contributed by atoms with Gasteiger partial charge in [0, 0.05) is 23.7 Å². The number of carbonyl (C=O) groups excluding carboxylic acids is 1. The van der Waals surface area contributed by atoms with Crippen LogP contribution in [0.5, 0.6) is 5.75 Å². The Labute approximate surface area is 188 Å². The minimum Gasteiger partial charge on any atom is -0.496 e. The molecule has 32 heavy (non-hydrogen) atoms. The molecule has 0 unspecified atom stereocenters. The molecule has 2 heterocycles. The molecule has 0 aliphatic rings. The van der Waals surface area contributed by atoms with Gasteiger partial charge in [0.05, 0.1) is 18.5 Å². The lowest BCUT2D eigenvalue weighted by atomic mass is 10.1. The molecular formula is C26H28N4O2. The molecule has 0 radical (unpaired) electrons. The van der Waals surface area contributed by atoms with Crippen molar-refractivity contribution >= 4 is 11.6 Å². The third kappa shape index (κ3) is 4.64. The molecule has 164 valence electrons. The van der Waals surface area contributed by atoms with Crippen molar-refractivity contribution in [2.45, 2.75) is 32.6 Å². The molecule has 0 atom stereocenters. The first-order chi connectivity index (χ1) is 15.7. The third-order valence-corrected chi connectivity index (χ3v) is 5.43. The van der Waals surface area contributed by atoms with E-state index in [2.05, 4.69) is 17.2 Å². The molecule has 1 N–H and O–H groups in total. The van der Waals surface area contributed by atoms with Crippen molar-refractivity contribution < 1.29 is 9.53 Å². The minimum absolute atomic E-state index is 0.178. The normalized spacial score (nSPS) is 10.9. The largest absolute Gasteiger partial charge is 0.496 e. The highest BCUT2D eigenvalue weighted by Gasteiger charge is 2.18. The molecule has 1 amide bonds. The van der Waals surface area contributed by atoms with E-state index >= 15 is 0 Å². The summed E-state index contributed by atoms with van der Waals surface area (Å²) in [6.07, 6.45) is 4.42. The van der Waals surface area contributed by atoms with Crippen molar-refractivity contribution in [1.29, 1.82) is 0 Å². The van der Waals surface area contributed by atoms with Gasteiger partial charge in [-0.3, -0.25) is 4.79 Å². The quantitative estimate of drug-likeness (QED) is 0.363. The van der Waals surface area contributed by atoms with Gasteiger partial charge in [-0.1, -0.05) is 68.7 Å². The maximum atomic E-state index is 12.9. The number of methoxy groups -OCH3 is 1. The number of amides is 1. The van der Waals surface area contributed by atoms with Gasteiger partial charge in [-0.2, -0.15) is 5.10 Å². The first-order valence-electron chi connectivity index (χ1n) is 11.1. The van der Waals surface area contributed by atoms with E-state index in [1.54, 1.807) is 17.7 Å². The Kier molecular flexibility index (Phi) is 6.80. The number of benzene rings is 2. The fraction of sp³-hybridized carbons (Fsp3) is 0.269. The maximum absolute atomic E-state index is 12.9. The summed E-state index contributed by atoms with van der Waals surface area (Å²) < 4.78 is 7.36. The molecule has 6 heteroatoms. The number of nitrogens with zero attached hydrogens (tertiary/aromatic N) is 3. The molecule has 0 bridgehead atoms. The Morgan fingerprint density at radius 2 is 1.78 bits per heavy atom. The van der Waals surface area contributed by atoms with Gasteiger partial charge in [-0.05, 0) is 24.6 Å². The van der Waals surface area contributed by atoms with Gasteiger partial charge < -0.3 is 10.1 Å². The van der Waals surface area contributed by atoms with E-state index in [0.717, 1.165) is 35.4 Å². The van der Waals surface area contributed by atoms with Gasteiger partial charge in [0.1, 0.15) is 11.4 Å². The highest BCUT2D eigenvalue weighted by molar-refractivity contribution is 5.94. The lowest BCUT2D eigenvalue weighted by molar-refractivity contribution is 0.0948. The van der Waals surface area contributed by atoms with Gasteiger partial charge in [0.25, 0.3) is 5.91 Å². The van der Waals surface area contributed by atoms with Crippen LogP contribution in [0, 0.1) is 0 Å². The molecule has 4 aromatic rings. The van der Waals surface area contributed by atoms with Crippen LogP contribution in [-0.4, -0.2) is 34.2 Å². The van der Waals surface area contributed by atoms with Crippen LogP contribution in [0.4, 0.5) is 0 Å². The smallest absolute Gasteiger partial charge is 0.270 e. The van der Waals surface area contributed by atoms with Crippen LogP contribution in [0.3, 0.4) is 0 Å². The summed E-state index contributed by atoms with van der Waals surface area (Å²) in [6, 6.07) is 21.4. The van der Waals surface area contributed by atoms with E-state index in [1.807, 2.05) is 60.7 Å². The SMILES string of the molecule is CCCCCCNC(=O)c1cc(-c2ccccc2OC)n2nc(-c3ccccc3)cc2n1. The fourth-order valence-electron chi connectivity index (χ4n) is 3.73. The maximum Gasteiger partial charge on any atom is 0.270 e. The number of aromatic nitrogens is 3. The van der Waals surface area contributed by atoms with Crippen molar-refractivity contribution in [3.05, 3.63) is 72.4 Å². The number of para-hydroxylation sites is 1. The minimum atomic E-state index is -0.178. The number of carbonyl (C=O) groups is 1. The predicted octanol–water partition coefficient (Wildman–Crippen LogP) is 5.38. The summed E-state index contributed by atoms with van der Waals surface area (Å²) >= 11 is 0. The first kappa shape index (κ1) is 21.6. The standard InChI is InChI=1S/C26H28N4O2/c1-3-4-5-11-16-27-26(31)22-17-23(20-14-9-10-15-24(20)32-2)30-25(28-22)18-21(29-30)19-12-7-6-8-13-19/h6-10,12-15,17-18H,3-5,11,16H2,1-2H3,(H,27,31). The second-order valence-corrected chi connectivity index (χ2v) is 7.71. The average molecular weight is 429 g/mol. The van der Waals surface area contributed by atoms with Gasteiger partial charge >= 0.3 is 0 Å². The van der Waals surface area contributed by atoms with E-state index in [1.165, 1.54) is 12.8 Å². The van der Waals surface area contributed by atoms with Crippen LogP contribution < -0.4 is 10.1 Å². The molecule has 0 aliphatic carbocycles. The van der Waals surface area contributed by atoms with Crippen LogP contribution in [0.15, 0.2) is 66.7 Å². The van der Waals surface area contributed by atoms with Crippen molar-refractivity contribution in [1.82, 2.24) is 19.9 Å². The van der Waals surface area contributed by atoms with Crippen LogP contribution in [0.1, 0.15) is 43.1 Å². The van der Waals surface area contributed by atoms with E-state index in [0.29, 0.717) is 23.6 Å². The highest BCUT2D eigenvalue weighted by Crippen LogP contribution is 2.31. The van der Waals surface area contributed by atoms with E-state index in [4.69, 9.17) is 9.84 Å². The Bertz CT molecular complexity index is 1200. The number of hydrogen-bond acceptors (Lipinski definition) is 4. The van der Waals surface area contributed by atoms with Crippen molar-refractivity contribution in [2.75, 3.05) is 13.7 Å². The topological polar surface area (TPSA) is 68.5 Å². The fourth-order valence-corrected chi connectivity index (χ4v) is 3.73. The predicted molar refractivity (Wildman–Crippen MR) is 127 cm³/mol. The van der Waals surface area contributed by atoms with Gasteiger partial charge in [0.15, 0.2) is 5.65 Å². The number of rotatable bonds is 9. The summed E-state index contributed by atoms with van der Waals surface area (Å²) in [6.45, 7) is 2.82. The molecule has 6 nitrogen and oxygen atoms in total. The highest BCUT2D eigenvalue weighted by atomic mass is 16.5. The molecule has 0 aliphatic heterocycles. The number of fused-ring (bicyclic) bond motifs is 1. The van der Waals surface area contributed by atoms with Gasteiger partial charge in [0.2, 0.25) is 0 Å². The first-order valence-corrected chi connectivity index (χ1v) is 11.1. The molecule has 0 fully saturated rings. The average Bonchev–Trinajstić information content (AvgIpc) is 3.28. The van der Waals surface area contributed by atoms with Crippen LogP contribution >= 0.6 is 0 Å². The van der Waals surface area contributed by atoms with Crippen LogP contribution in [0.25, 0.3) is 28.2 Å². The molecule has 0 saturated carbocycles. The van der Waals surface area contributed by atoms with Crippen molar-refractivity contribution in [3.8, 4) is 28.3 Å². The Morgan fingerprint density at radius 3 is 2.56 bits per heavy atom. The molecule has 4 rings (SSSR count). The third-order valence-electron chi connectivity index (χ3n) is 5.43. The van der Waals surface area contributed by atoms with Crippen molar-refractivity contribution in [3.63, 3.8) is 0 Å². The zero-order chi connectivity index (χ0) is 22.3. The molecule has 2 aromatic heterocycles. The van der Waals surface area contributed by atoms with Crippen LogP contribution in [0.2, 0.25) is 0 Å². The number of nitrogens with one attached hydrogen (secondary N) is 1. The second-order valence-electron chi connectivity index (χ2n) is 7.71. The molecule has 0 saturated heterocycles. The Hall–Kier alpha value is -3.67. The zero-order valence-corrected chi connectivity index (χ0v) is 18.5. The lowest BCUT2D eigenvalue weighted by Gasteiger charge is -2.12. The van der Waals surface area contributed by atoms with E-state index < -0.39 is 0 Å².